The van der Waals surface area contributed by atoms with E-state index in [1.165, 1.54) is 4.68 Å². The molecule has 0 saturated carbocycles. The molecule has 3 heterocycles. The summed E-state index contributed by atoms with van der Waals surface area (Å²) >= 11 is 6.01. The average Bonchev–Trinajstić information content (AvgIpc) is 3.31. The second-order valence-electron chi connectivity index (χ2n) is 6.32. The molecule has 0 spiro atoms. The fraction of sp³-hybridized carbons (Fsp3) is 0.200. The van der Waals surface area contributed by atoms with Crippen LogP contribution in [0.5, 0.6) is 0 Å². The number of benzene rings is 2. The zero-order valence-corrected chi connectivity index (χ0v) is 15.0. The van der Waals surface area contributed by atoms with Crippen molar-refractivity contribution < 1.29 is 13.9 Å². The van der Waals surface area contributed by atoms with Crippen molar-refractivity contribution in [2.45, 2.75) is 12.8 Å². The summed E-state index contributed by atoms with van der Waals surface area (Å²) < 4.78 is 18.4. The maximum atomic E-state index is 13.1. The fourth-order valence-corrected chi connectivity index (χ4v) is 3.46. The van der Waals surface area contributed by atoms with Crippen LogP contribution in [0.1, 0.15) is 0 Å². The molecule has 3 aliphatic heterocycles. The normalized spacial score (nSPS) is 15.1. The first-order chi connectivity index (χ1) is 13.2. The third kappa shape index (κ3) is 2.82. The van der Waals surface area contributed by atoms with Crippen LogP contribution in [0.2, 0.25) is 5.02 Å². The van der Waals surface area contributed by atoms with Crippen molar-refractivity contribution in [3.8, 4) is 22.6 Å². The zero-order chi connectivity index (χ0) is 18.4. The number of halogens is 1. The highest BCUT2D eigenvalue weighted by Crippen LogP contribution is 2.37. The van der Waals surface area contributed by atoms with Gasteiger partial charge in [0.1, 0.15) is 22.6 Å². The van der Waals surface area contributed by atoms with Gasteiger partial charge in [0.2, 0.25) is 0 Å². The van der Waals surface area contributed by atoms with Crippen LogP contribution in [-0.4, -0.2) is 29.3 Å². The highest BCUT2D eigenvalue weighted by molar-refractivity contribution is 6.30. The Hall–Kier alpha value is -2.67. The number of ether oxygens (including phenoxy) is 2. The van der Waals surface area contributed by atoms with Gasteiger partial charge in [0, 0.05) is 16.0 Å². The number of hydrogen-bond donors (Lipinski definition) is 0. The Morgan fingerprint density at radius 3 is 2.59 bits per heavy atom. The van der Waals surface area contributed by atoms with E-state index in [4.69, 9.17) is 25.5 Å². The average molecular weight is 383 g/mol. The molecule has 0 atom stereocenters. The topological polar surface area (TPSA) is 66.5 Å². The summed E-state index contributed by atoms with van der Waals surface area (Å²) in [4.78, 5) is 13.1. The molecule has 1 fully saturated rings. The molecule has 0 N–H and O–H groups in total. The Morgan fingerprint density at radius 2 is 1.81 bits per heavy atom. The lowest BCUT2D eigenvalue weighted by atomic mass is 10.0. The van der Waals surface area contributed by atoms with Gasteiger partial charge < -0.3 is 13.9 Å². The van der Waals surface area contributed by atoms with Crippen LogP contribution < -0.4 is 5.56 Å². The molecular formula is C20H15ClN2O4. The second-order valence-corrected chi connectivity index (χ2v) is 6.75. The van der Waals surface area contributed by atoms with Gasteiger partial charge in [0.25, 0.3) is 5.56 Å². The maximum Gasteiger partial charge on any atom is 0.280 e. The highest BCUT2D eigenvalue weighted by atomic mass is 35.5. The molecule has 0 aromatic heterocycles. The van der Waals surface area contributed by atoms with E-state index in [0.717, 1.165) is 10.9 Å². The van der Waals surface area contributed by atoms with E-state index in [1.807, 2.05) is 36.4 Å². The first kappa shape index (κ1) is 16.5. The van der Waals surface area contributed by atoms with Crippen molar-refractivity contribution in [1.82, 2.24) is 9.78 Å². The Bertz CT molecular complexity index is 1140. The number of para-hydroxylation sites is 1. The molecule has 5 rings (SSSR count). The van der Waals surface area contributed by atoms with Crippen molar-refractivity contribution in [3.63, 3.8) is 0 Å². The molecule has 7 heteroatoms. The monoisotopic (exact) mass is 382 g/mol. The summed E-state index contributed by atoms with van der Waals surface area (Å²) in [6.45, 7) is 1.28. The van der Waals surface area contributed by atoms with Crippen molar-refractivity contribution in [2.24, 2.45) is 0 Å². The van der Waals surface area contributed by atoms with Crippen LogP contribution in [-0.2, 0) is 16.0 Å². The van der Waals surface area contributed by atoms with Crippen molar-refractivity contribution >= 4 is 22.6 Å². The lowest BCUT2D eigenvalue weighted by molar-refractivity contribution is -0.0550. The number of hydrogen-bond acceptors (Lipinski definition) is 5. The zero-order valence-electron chi connectivity index (χ0n) is 14.2. The molecule has 1 saturated heterocycles. The van der Waals surface area contributed by atoms with Crippen molar-refractivity contribution in [2.75, 3.05) is 13.2 Å². The third-order valence-corrected chi connectivity index (χ3v) is 4.86. The molecule has 2 aromatic rings. The molecule has 0 bridgehead atoms. The van der Waals surface area contributed by atoms with Gasteiger partial charge in [-0.3, -0.25) is 4.79 Å². The minimum absolute atomic E-state index is 0.233. The van der Waals surface area contributed by atoms with Crippen LogP contribution in [0, 0.1) is 0 Å². The molecule has 6 nitrogen and oxygen atoms in total. The highest BCUT2D eigenvalue weighted by Gasteiger charge is 2.27. The van der Waals surface area contributed by atoms with E-state index in [1.54, 1.807) is 12.1 Å². The summed E-state index contributed by atoms with van der Waals surface area (Å²) in [7, 11) is 0. The Labute approximate surface area is 159 Å². The summed E-state index contributed by atoms with van der Waals surface area (Å²) in [5.74, 6) is 0.477. The fourth-order valence-electron chi connectivity index (χ4n) is 3.33. The van der Waals surface area contributed by atoms with Crippen LogP contribution >= 0.6 is 11.6 Å². The summed E-state index contributed by atoms with van der Waals surface area (Å²) in [5.41, 5.74) is 2.23. The SMILES string of the molecule is O=c1c2c(-c3ccc(Cl)cc3)oc3ccccc3c-2nn1CC1OCCO1. The third-order valence-electron chi connectivity index (χ3n) is 4.61. The van der Waals surface area contributed by atoms with Crippen LogP contribution in [0.4, 0.5) is 0 Å². The predicted molar refractivity (Wildman–Crippen MR) is 101 cm³/mol. The Kier molecular flexibility index (Phi) is 3.97. The van der Waals surface area contributed by atoms with E-state index in [-0.39, 0.29) is 12.1 Å². The Morgan fingerprint density at radius 1 is 1.07 bits per heavy atom. The van der Waals surface area contributed by atoms with E-state index in [2.05, 4.69) is 5.10 Å². The second kappa shape index (κ2) is 6.49. The van der Waals surface area contributed by atoms with Gasteiger partial charge in [0.15, 0.2) is 6.29 Å². The quantitative estimate of drug-likeness (QED) is 0.539. The molecule has 0 aliphatic carbocycles. The first-order valence-electron chi connectivity index (χ1n) is 8.62. The molecule has 2 aromatic carbocycles. The van der Waals surface area contributed by atoms with Gasteiger partial charge in [-0.1, -0.05) is 23.7 Å². The van der Waals surface area contributed by atoms with E-state index >= 15 is 0 Å². The van der Waals surface area contributed by atoms with Gasteiger partial charge in [-0.2, -0.15) is 5.10 Å². The summed E-state index contributed by atoms with van der Waals surface area (Å²) in [5, 5.41) is 5.97. The molecule has 27 heavy (non-hydrogen) atoms. The summed E-state index contributed by atoms with van der Waals surface area (Å²) in [6.07, 6.45) is -0.464. The predicted octanol–water partition coefficient (Wildman–Crippen LogP) is 3.79. The lowest BCUT2D eigenvalue weighted by Gasteiger charge is -2.08. The maximum absolute atomic E-state index is 13.1. The molecule has 0 amide bonds. The van der Waals surface area contributed by atoms with Crippen LogP contribution in [0.3, 0.4) is 0 Å². The van der Waals surface area contributed by atoms with Gasteiger partial charge in [-0.05, 0) is 36.4 Å². The van der Waals surface area contributed by atoms with Crippen LogP contribution in [0.25, 0.3) is 33.6 Å². The largest absolute Gasteiger partial charge is 0.455 e. The minimum Gasteiger partial charge on any atom is -0.455 e. The van der Waals surface area contributed by atoms with Gasteiger partial charge in [0.05, 0.1) is 19.8 Å². The van der Waals surface area contributed by atoms with Gasteiger partial charge >= 0.3 is 0 Å². The van der Waals surface area contributed by atoms with E-state index in [9.17, 15) is 4.79 Å². The number of fused-ring (bicyclic) bond motifs is 3. The van der Waals surface area contributed by atoms with E-state index < -0.39 is 6.29 Å². The lowest BCUT2D eigenvalue weighted by Crippen LogP contribution is -2.25. The summed E-state index contributed by atoms with van der Waals surface area (Å²) in [6, 6.07) is 14.7. The van der Waals surface area contributed by atoms with Gasteiger partial charge in [-0.15, -0.1) is 0 Å². The molecular weight excluding hydrogens is 368 g/mol. The molecule has 0 unspecified atom stereocenters. The van der Waals surface area contributed by atoms with Crippen LogP contribution in [0.15, 0.2) is 57.7 Å². The minimum atomic E-state index is -0.464. The van der Waals surface area contributed by atoms with Crippen molar-refractivity contribution in [3.05, 3.63) is 63.9 Å². The smallest absolute Gasteiger partial charge is 0.280 e. The van der Waals surface area contributed by atoms with Crippen molar-refractivity contribution in [1.29, 1.82) is 0 Å². The number of rotatable bonds is 3. The Balaban J connectivity index is 1.76. The number of aromatic nitrogens is 2. The van der Waals surface area contributed by atoms with Gasteiger partial charge in [-0.25, -0.2) is 4.68 Å². The molecule has 136 valence electrons. The number of nitrogens with zero attached hydrogens (tertiary/aromatic N) is 2. The standard InChI is InChI=1S/C20H15ClN2O4/c21-13-7-5-12(6-8-13)19-17-18(14-3-1-2-4-15(14)27-19)22-23(20(17)24)11-16-25-9-10-26-16/h1-8,16H,9-11H2. The molecule has 0 radical (unpaired) electrons. The van der Waals surface area contributed by atoms with E-state index in [0.29, 0.717) is 40.8 Å². The first-order valence-corrected chi connectivity index (χ1v) is 9.00. The molecule has 3 aliphatic rings.